The molecule has 0 unspecified atom stereocenters. The van der Waals surface area contributed by atoms with Gasteiger partial charge in [0.05, 0.1) is 24.8 Å². The lowest BCUT2D eigenvalue weighted by atomic mass is 10.2. The molecule has 9 heteroatoms. The quantitative estimate of drug-likeness (QED) is 0.416. The second-order valence-corrected chi connectivity index (χ2v) is 8.36. The standard InChI is InChI=1S/C23H22FN5O2S/c1-2-32-20-10-6-4-8-17(20)22(30)25-11-12-29-21-18(13-27-29)23(31)28(15-26-21)14-16-7-3-5-9-19(16)24/h3-10,13,15H,2,11-12,14H2,1H3,(H,25,30). The van der Waals surface area contributed by atoms with Crippen LogP contribution in [0.15, 0.2) is 70.7 Å². The zero-order chi connectivity index (χ0) is 22.5. The molecular weight excluding hydrogens is 429 g/mol. The lowest BCUT2D eigenvalue weighted by Gasteiger charge is -2.10. The average Bonchev–Trinajstić information content (AvgIpc) is 3.21. The molecule has 4 rings (SSSR count). The molecule has 0 radical (unpaired) electrons. The molecule has 2 heterocycles. The highest BCUT2D eigenvalue weighted by atomic mass is 32.2. The summed E-state index contributed by atoms with van der Waals surface area (Å²) in [4.78, 5) is 30.7. The van der Waals surface area contributed by atoms with Gasteiger partial charge >= 0.3 is 0 Å². The van der Waals surface area contributed by atoms with Crippen molar-refractivity contribution in [1.82, 2.24) is 24.6 Å². The Labute approximate surface area is 188 Å². The van der Waals surface area contributed by atoms with Gasteiger partial charge in [-0.3, -0.25) is 14.2 Å². The van der Waals surface area contributed by atoms with E-state index in [0.29, 0.717) is 35.2 Å². The van der Waals surface area contributed by atoms with E-state index in [2.05, 4.69) is 15.4 Å². The molecule has 0 saturated heterocycles. The minimum Gasteiger partial charge on any atom is -0.350 e. The van der Waals surface area contributed by atoms with E-state index < -0.39 is 0 Å². The summed E-state index contributed by atoms with van der Waals surface area (Å²) in [7, 11) is 0. The molecule has 7 nitrogen and oxygen atoms in total. The Morgan fingerprint density at radius 2 is 1.94 bits per heavy atom. The van der Waals surface area contributed by atoms with Crippen LogP contribution in [-0.4, -0.2) is 37.5 Å². The number of fused-ring (bicyclic) bond motifs is 1. The maximum Gasteiger partial charge on any atom is 0.264 e. The van der Waals surface area contributed by atoms with Gasteiger partial charge in [-0.1, -0.05) is 37.3 Å². The van der Waals surface area contributed by atoms with Crippen molar-refractivity contribution in [2.75, 3.05) is 12.3 Å². The summed E-state index contributed by atoms with van der Waals surface area (Å²) in [5.74, 6) is 0.354. The predicted octanol–water partition coefficient (Wildman–Crippen LogP) is 3.32. The maximum absolute atomic E-state index is 13.9. The first-order chi connectivity index (χ1) is 15.6. The average molecular weight is 452 g/mol. The predicted molar refractivity (Wildman–Crippen MR) is 122 cm³/mol. The largest absolute Gasteiger partial charge is 0.350 e. The summed E-state index contributed by atoms with van der Waals surface area (Å²) in [5, 5.41) is 7.50. The Bertz CT molecular complexity index is 1320. The second kappa shape index (κ2) is 9.78. The molecular formula is C23H22FN5O2S. The van der Waals surface area contributed by atoms with Gasteiger partial charge in [0.2, 0.25) is 0 Å². The minimum atomic E-state index is -0.371. The third-order valence-electron chi connectivity index (χ3n) is 4.96. The number of nitrogens with zero attached hydrogens (tertiary/aromatic N) is 4. The highest BCUT2D eigenvalue weighted by molar-refractivity contribution is 7.99. The fourth-order valence-electron chi connectivity index (χ4n) is 3.39. The van der Waals surface area contributed by atoms with Crippen LogP contribution in [-0.2, 0) is 13.1 Å². The molecule has 2 aromatic heterocycles. The molecule has 0 aliphatic rings. The van der Waals surface area contributed by atoms with E-state index in [1.165, 1.54) is 23.2 Å². The first-order valence-corrected chi connectivity index (χ1v) is 11.2. The molecule has 0 fully saturated rings. The number of thioether (sulfide) groups is 1. The molecule has 164 valence electrons. The number of benzene rings is 2. The number of hydrogen-bond acceptors (Lipinski definition) is 5. The molecule has 0 atom stereocenters. The summed E-state index contributed by atoms with van der Waals surface area (Å²) >= 11 is 1.62. The third kappa shape index (κ3) is 4.57. The van der Waals surface area contributed by atoms with Crippen LogP contribution in [0.4, 0.5) is 4.39 Å². The Kier molecular flexibility index (Phi) is 6.65. The van der Waals surface area contributed by atoms with Crippen molar-refractivity contribution < 1.29 is 9.18 Å². The van der Waals surface area contributed by atoms with Crippen LogP contribution < -0.4 is 10.9 Å². The molecule has 0 aliphatic carbocycles. The van der Waals surface area contributed by atoms with Crippen LogP contribution in [0, 0.1) is 5.82 Å². The van der Waals surface area contributed by atoms with Crippen molar-refractivity contribution in [1.29, 1.82) is 0 Å². The fourth-order valence-corrected chi connectivity index (χ4v) is 4.19. The first kappa shape index (κ1) is 21.8. The van der Waals surface area contributed by atoms with Crippen LogP contribution >= 0.6 is 11.8 Å². The third-order valence-corrected chi connectivity index (χ3v) is 5.92. The normalized spacial score (nSPS) is 11.1. The van der Waals surface area contributed by atoms with E-state index in [1.54, 1.807) is 40.7 Å². The number of rotatable bonds is 8. The fraction of sp³-hybridized carbons (Fsp3) is 0.217. The summed E-state index contributed by atoms with van der Waals surface area (Å²) in [6.07, 6.45) is 2.85. The van der Waals surface area contributed by atoms with Gasteiger partial charge in [-0.2, -0.15) is 5.10 Å². The molecule has 0 aliphatic heterocycles. The number of hydrogen-bond donors (Lipinski definition) is 1. The number of aromatic nitrogens is 4. The summed E-state index contributed by atoms with van der Waals surface area (Å²) in [6, 6.07) is 13.8. The highest BCUT2D eigenvalue weighted by Gasteiger charge is 2.13. The molecule has 1 amide bonds. The zero-order valence-corrected chi connectivity index (χ0v) is 18.3. The Balaban J connectivity index is 1.46. The van der Waals surface area contributed by atoms with Crippen molar-refractivity contribution in [3.8, 4) is 0 Å². The van der Waals surface area contributed by atoms with Crippen LogP contribution in [0.1, 0.15) is 22.8 Å². The molecule has 0 saturated carbocycles. The molecule has 2 aromatic carbocycles. The van der Waals surface area contributed by atoms with E-state index in [0.717, 1.165) is 10.6 Å². The van der Waals surface area contributed by atoms with Gasteiger partial charge in [0.1, 0.15) is 17.5 Å². The van der Waals surface area contributed by atoms with Gasteiger partial charge in [-0.25, -0.2) is 14.1 Å². The second-order valence-electron chi connectivity index (χ2n) is 7.06. The lowest BCUT2D eigenvalue weighted by molar-refractivity contribution is 0.0949. The number of amides is 1. The van der Waals surface area contributed by atoms with Crippen LogP contribution in [0.2, 0.25) is 0 Å². The van der Waals surface area contributed by atoms with Gasteiger partial charge in [0, 0.05) is 17.0 Å². The van der Waals surface area contributed by atoms with Crippen LogP contribution in [0.5, 0.6) is 0 Å². The molecule has 32 heavy (non-hydrogen) atoms. The summed E-state index contributed by atoms with van der Waals surface area (Å²) in [6.45, 7) is 2.83. The van der Waals surface area contributed by atoms with Gasteiger partial charge in [0.25, 0.3) is 11.5 Å². The van der Waals surface area contributed by atoms with Gasteiger partial charge in [0.15, 0.2) is 5.65 Å². The number of nitrogens with one attached hydrogen (secondary N) is 1. The SMILES string of the molecule is CCSc1ccccc1C(=O)NCCn1ncc2c(=O)n(Cc3ccccc3F)cnc21. The Morgan fingerprint density at radius 3 is 2.75 bits per heavy atom. The maximum atomic E-state index is 13.9. The van der Waals surface area contributed by atoms with Crippen LogP contribution in [0.3, 0.4) is 0 Å². The van der Waals surface area contributed by atoms with Crippen molar-refractivity contribution in [3.63, 3.8) is 0 Å². The number of halogens is 1. The van der Waals surface area contributed by atoms with E-state index in [4.69, 9.17) is 0 Å². The van der Waals surface area contributed by atoms with E-state index in [-0.39, 0.29) is 23.8 Å². The molecule has 0 spiro atoms. The monoisotopic (exact) mass is 451 g/mol. The summed E-state index contributed by atoms with van der Waals surface area (Å²) in [5.41, 5.74) is 1.18. The minimum absolute atomic E-state index is 0.0882. The van der Waals surface area contributed by atoms with E-state index >= 15 is 0 Å². The van der Waals surface area contributed by atoms with Crippen molar-refractivity contribution in [3.05, 3.63) is 88.4 Å². The number of carbonyl (C=O) groups is 1. The molecule has 1 N–H and O–H groups in total. The lowest BCUT2D eigenvalue weighted by Crippen LogP contribution is -2.28. The van der Waals surface area contributed by atoms with E-state index in [1.807, 2.05) is 25.1 Å². The van der Waals surface area contributed by atoms with Gasteiger partial charge in [-0.05, 0) is 24.0 Å². The summed E-state index contributed by atoms with van der Waals surface area (Å²) < 4.78 is 16.9. The smallest absolute Gasteiger partial charge is 0.264 e. The Hall–Kier alpha value is -3.46. The van der Waals surface area contributed by atoms with E-state index in [9.17, 15) is 14.0 Å². The van der Waals surface area contributed by atoms with Gasteiger partial charge < -0.3 is 5.32 Å². The Morgan fingerprint density at radius 1 is 1.16 bits per heavy atom. The topological polar surface area (TPSA) is 81.8 Å². The highest BCUT2D eigenvalue weighted by Crippen LogP contribution is 2.22. The van der Waals surface area contributed by atoms with Crippen molar-refractivity contribution in [2.45, 2.75) is 24.9 Å². The first-order valence-electron chi connectivity index (χ1n) is 10.2. The molecule has 0 bridgehead atoms. The van der Waals surface area contributed by atoms with Crippen molar-refractivity contribution in [2.24, 2.45) is 0 Å². The zero-order valence-electron chi connectivity index (χ0n) is 17.5. The number of carbonyl (C=O) groups excluding carboxylic acids is 1. The van der Waals surface area contributed by atoms with Gasteiger partial charge in [-0.15, -0.1) is 11.8 Å². The van der Waals surface area contributed by atoms with Crippen molar-refractivity contribution >= 4 is 28.7 Å². The molecule has 4 aromatic rings. The van der Waals surface area contributed by atoms with Crippen LogP contribution in [0.25, 0.3) is 11.0 Å².